The fraction of sp³-hybridized carbons (Fsp3) is 0.250. The third-order valence-electron chi connectivity index (χ3n) is 6.32. The molecule has 2 aliphatic rings. The van der Waals surface area contributed by atoms with Gasteiger partial charge in [0.2, 0.25) is 0 Å². The number of carbonyl (C=O) groups is 2. The van der Waals surface area contributed by atoms with Crippen LogP contribution in [0, 0.1) is 11.3 Å². The summed E-state index contributed by atoms with van der Waals surface area (Å²) >= 11 is 0. The Morgan fingerprint density at radius 2 is 1.86 bits per heavy atom. The van der Waals surface area contributed by atoms with Crippen LogP contribution in [0.15, 0.2) is 60.7 Å². The fourth-order valence-electron chi connectivity index (χ4n) is 4.47. The van der Waals surface area contributed by atoms with Crippen LogP contribution in [0.2, 0.25) is 0 Å². The minimum absolute atomic E-state index is 0.120. The number of methoxy groups -OCH3 is 1. The van der Waals surface area contributed by atoms with E-state index >= 15 is 0 Å². The summed E-state index contributed by atoms with van der Waals surface area (Å²) in [6, 6.07) is 19.7. The lowest BCUT2D eigenvalue weighted by atomic mass is 9.91. The average molecular weight is 485 g/mol. The van der Waals surface area contributed by atoms with Crippen LogP contribution < -0.4 is 19.5 Å². The molecule has 0 bridgehead atoms. The number of hydrogen-bond donors (Lipinski definition) is 1. The second-order valence-electron chi connectivity index (χ2n) is 8.63. The molecule has 182 valence electrons. The van der Waals surface area contributed by atoms with E-state index in [0.717, 1.165) is 11.3 Å². The predicted octanol–water partition coefficient (Wildman–Crippen LogP) is 4.12. The van der Waals surface area contributed by atoms with E-state index in [1.165, 1.54) is 7.11 Å². The summed E-state index contributed by atoms with van der Waals surface area (Å²) in [5, 5.41) is 12.7. The molecule has 0 radical (unpaired) electrons. The molecule has 36 heavy (non-hydrogen) atoms. The van der Waals surface area contributed by atoms with E-state index in [4.69, 9.17) is 18.9 Å². The van der Waals surface area contributed by atoms with Gasteiger partial charge in [-0.25, -0.2) is 0 Å². The maximum atomic E-state index is 12.8. The third-order valence-corrected chi connectivity index (χ3v) is 6.32. The summed E-state index contributed by atoms with van der Waals surface area (Å²) in [5.74, 6) is 1.04. The smallest absolute Gasteiger partial charge is 0.313 e. The van der Waals surface area contributed by atoms with Gasteiger partial charge in [0.15, 0.2) is 0 Å². The number of rotatable bonds is 5. The van der Waals surface area contributed by atoms with Gasteiger partial charge < -0.3 is 24.3 Å². The second kappa shape index (κ2) is 10.0. The molecular weight excluding hydrogens is 460 g/mol. The first-order valence-corrected chi connectivity index (χ1v) is 11.6. The third kappa shape index (κ3) is 4.68. The summed E-state index contributed by atoms with van der Waals surface area (Å²) in [5.41, 5.74) is 2.43. The molecule has 2 atom stereocenters. The van der Waals surface area contributed by atoms with E-state index in [1.807, 2.05) is 24.3 Å². The van der Waals surface area contributed by atoms with Crippen LogP contribution in [0.3, 0.4) is 0 Å². The Kier molecular flexibility index (Phi) is 6.46. The molecule has 0 fully saturated rings. The number of nitrogens with one attached hydrogen (secondary N) is 1. The lowest BCUT2D eigenvalue weighted by Crippen LogP contribution is -2.42. The molecule has 1 amide bonds. The van der Waals surface area contributed by atoms with E-state index in [-0.39, 0.29) is 23.5 Å². The van der Waals surface area contributed by atoms with Gasteiger partial charge in [-0.2, -0.15) is 5.26 Å². The Morgan fingerprint density at radius 3 is 2.64 bits per heavy atom. The number of fused-ring (bicyclic) bond motifs is 2. The van der Waals surface area contributed by atoms with E-state index in [1.54, 1.807) is 36.4 Å². The predicted molar refractivity (Wildman–Crippen MR) is 129 cm³/mol. The zero-order chi connectivity index (χ0) is 25.1. The number of nitriles is 1. The monoisotopic (exact) mass is 484 g/mol. The summed E-state index contributed by atoms with van der Waals surface area (Å²) in [6.45, 7) is 0.775. The van der Waals surface area contributed by atoms with Crippen LogP contribution in [0.1, 0.15) is 39.4 Å². The van der Waals surface area contributed by atoms with Crippen molar-refractivity contribution in [2.45, 2.75) is 24.8 Å². The maximum absolute atomic E-state index is 12.8. The zero-order valence-electron chi connectivity index (χ0n) is 19.7. The van der Waals surface area contributed by atoms with Crippen LogP contribution in [-0.2, 0) is 16.0 Å². The van der Waals surface area contributed by atoms with E-state index in [0.29, 0.717) is 54.4 Å². The highest BCUT2D eigenvalue weighted by atomic mass is 16.5. The molecule has 3 aromatic rings. The number of para-hydroxylation sites is 1. The Bertz CT molecular complexity index is 1350. The van der Waals surface area contributed by atoms with E-state index in [9.17, 15) is 14.9 Å². The summed E-state index contributed by atoms with van der Waals surface area (Å²) in [7, 11) is 1.34. The number of benzene rings is 3. The zero-order valence-corrected chi connectivity index (χ0v) is 19.7. The Morgan fingerprint density at radius 1 is 1.06 bits per heavy atom. The largest absolute Gasteiger partial charge is 0.493 e. The molecule has 8 heteroatoms. The summed E-state index contributed by atoms with van der Waals surface area (Å²) < 4.78 is 22.3. The van der Waals surface area contributed by atoms with Gasteiger partial charge in [-0.15, -0.1) is 0 Å². The van der Waals surface area contributed by atoms with Crippen molar-refractivity contribution in [1.29, 1.82) is 5.26 Å². The molecule has 1 N–H and O–H groups in total. The van der Waals surface area contributed by atoms with Crippen LogP contribution in [0.5, 0.6) is 23.0 Å². The number of nitrogens with zero attached hydrogens (tertiary/aromatic N) is 1. The van der Waals surface area contributed by atoms with Gasteiger partial charge in [-0.3, -0.25) is 9.59 Å². The van der Waals surface area contributed by atoms with Crippen molar-refractivity contribution >= 4 is 11.9 Å². The van der Waals surface area contributed by atoms with E-state index < -0.39 is 5.92 Å². The van der Waals surface area contributed by atoms with Crippen molar-refractivity contribution in [2.24, 2.45) is 0 Å². The topological polar surface area (TPSA) is 107 Å². The Labute approximate surface area is 208 Å². The normalized spacial score (nSPS) is 17.8. The van der Waals surface area contributed by atoms with Gasteiger partial charge >= 0.3 is 5.97 Å². The first-order valence-electron chi connectivity index (χ1n) is 11.6. The lowest BCUT2D eigenvalue weighted by Gasteiger charge is -2.26. The van der Waals surface area contributed by atoms with Crippen LogP contribution in [-0.4, -0.2) is 38.2 Å². The van der Waals surface area contributed by atoms with Gasteiger partial charge in [-0.05, 0) is 54.8 Å². The van der Waals surface area contributed by atoms with Gasteiger partial charge in [0, 0.05) is 17.2 Å². The quantitative estimate of drug-likeness (QED) is 0.543. The lowest BCUT2D eigenvalue weighted by molar-refractivity contribution is -0.143. The van der Waals surface area contributed by atoms with E-state index in [2.05, 4.69) is 11.4 Å². The average Bonchev–Trinajstić information content (AvgIpc) is 2.92. The highest BCUT2D eigenvalue weighted by molar-refractivity contribution is 5.94. The van der Waals surface area contributed by atoms with Crippen molar-refractivity contribution < 1.29 is 28.5 Å². The van der Waals surface area contributed by atoms with Gasteiger partial charge in [0.05, 0.1) is 31.2 Å². The first kappa shape index (κ1) is 23.2. The van der Waals surface area contributed by atoms with Crippen LogP contribution in [0.4, 0.5) is 0 Å². The van der Waals surface area contributed by atoms with Crippen molar-refractivity contribution in [3.8, 4) is 29.1 Å². The molecular formula is C28H24N2O6. The van der Waals surface area contributed by atoms with Crippen molar-refractivity contribution in [1.82, 2.24) is 5.32 Å². The van der Waals surface area contributed by atoms with Crippen LogP contribution in [0.25, 0.3) is 0 Å². The molecule has 2 unspecified atom stereocenters. The molecule has 0 saturated heterocycles. The molecule has 2 aliphatic heterocycles. The fourth-order valence-corrected chi connectivity index (χ4v) is 4.47. The molecule has 0 saturated carbocycles. The summed E-state index contributed by atoms with van der Waals surface area (Å²) in [6.07, 6.45) is 1.19. The first-order chi connectivity index (χ1) is 17.6. The molecule has 3 aromatic carbocycles. The number of amides is 1. The molecule has 0 spiro atoms. The van der Waals surface area contributed by atoms with Gasteiger partial charge in [0.1, 0.15) is 35.7 Å². The number of esters is 1. The van der Waals surface area contributed by atoms with Crippen molar-refractivity contribution in [2.75, 3.05) is 20.3 Å². The van der Waals surface area contributed by atoms with Gasteiger partial charge in [-0.1, -0.05) is 18.2 Å². The number of ether oxygens (including phenoxy) is 4. The molecule has 5 rings (SSSR count). The van der Waals surface area contributed by atoms with Crippen molar-refractivity contribution in [3.63, 3.8) is 0 Å². The Balaban J connectivity index is 1.28. The highest BCUT2D eigenvalue weighted by Crippen LogP contribution is 2.40. The molecule has 2 heterocycles. The molecule has 0 aliphatic carbocycles. The minimum atomic E-state index is -0.485. The summed E-state index contributed by atoms with van der Waals surface area (Å²) in [4.78, 5) is 24.9. The second-order valence-corrected chi connectivity index (χ2v) is 8.63. The van der Waals surface area contributed by atoms with Crippen LogP contribution >= 0.6 is 0 Å². The Hall–Kier alpha value is -4.51. The number of hydrogen-bond acceptors (Lipinski definition) is 7. The SMILES string of the molecule is COC(=O)C1CCOc2cc(Oc3ccc(C(=O)NC4COc5ccccc5C4)cc3)c(C#N)cc21. The maximum Gasteiger partial charge on any atom is 0.313 e. The van der Waals surface area contributed by atoms with Crippen molar-refractivity contribution in [3.05, 3.63) is 82.9 Å². The highest BCUT2D eigenvalue weighted by Gasteiger charge is 2.30. The minimum Gasteiger partial charge on any atom is -0.493 e. The number of carbonyl (C=O) groups excluding carboxylic acids is 2. The molecule has 0 aromatic heterocycles. The molecule has 8 nitrogen and oxygen atoms in total. The van der Waals surface area contributed by atoms with Gasteiger partial charge in [0.25, 0.3) is 5.91 Å². The standard InChI is InChI=1S/C28H24N2O6/c1-33-28(32)22-10-11-34-26-14-25(19(15-29)13-23(22)26)36-21-8-6-17(7-9-21)27(31)30-20-12-18-4-2-3-5-24(18)35-16-20/h2-9,13-14,20,22H,10-12,16H2,1H3,(H,30,31).